The van der Waals surface area contributed by atoms with Gasteiger partial charge in [-0.3, -0.25) is 10.00 Å². The lowest BCUT2D eigenvalue weighted by atomic mass is 10.0. The average Bonchev–Trinajstić information content (AvgIpc) is 2.90. The molecule has 3 N–H and O–H groups in total. The number of aromatic nitrogens is 2. The molecule has 0 saturated carbocycles. The molecule has 0 bridgehead atoms. The van der Waals surface area contributed by atoms with Gasteiger partial charge in [0, 0.05) is 25.3 Å². The molecule has 128 valence electrons. The number of likely N-dealkylation sites (N-methyl/N-ethyl adjacent to an activating group) is 1. The maximum Gasteiger partial charge on any atom is 0.0909 e. The van der Waals surface area contributed by atoms with Crippen LogP contribution in [0.5, 0.6) is 0 Å². The molecule has 2 aliphatic rings. The molecule has 0 spiro atoms. The number of hydrogen-bond acceptors (Lipinski definition) is 4. The van der Waals surface area contributed by atoms with E-state index < -0.39 is 5.60 Å². The second kappa shape index (κ2) is 8.50. The van der Waals surface area contributed by atoms with Gasteiger partial charge in [0.2, 0.25) is 0 Å². The first-order valence-corrected chi connectivity index (χ1v) is 7.83. The molecule has 1 aliphatic carbocycles. The predicted molar refractivity (Wildman–Crippen MR) is 93.1 cm³/mol. The number of aliphatic hydroxyl groups is 1. The van der Waals surface area contributed by atoms with Crippen molar-refractivity contribution in [3.05, 3.63) is 17.0 Å². The molecule has 1 aromatic heterocycles. The molecular formula is C15H28Cl2N4O. The number of nitrogens with zero attached hydrogens (tertiary/aromatic N) is 2. The number of aromatic amines is 1. The van der Waals surface area contributed by atoms with E-state index in [0.717, 1.165) is 32.4 Å². The first kappa shape index (κ1) is 19.7. The van der Waals surface area contributed by atoms with Crippen molar-refractivity contribution < 1.29 is 5.11 Å². The van der Waals surface area contributed by atoms with E-state index in [0.29, 0.717) is 13.1 Å². The summed E-state index contributed by atoms with van der Waals surface area (Å²) in [7, 11) is 2.08. The lowest BCUT2D eigenvalue weighted by Crippen LogP contribution is -2.43. The minimum absolute atomic E-state index is 0. The summed E-state index contributed by atoms with van der Waals surface area (Å²) in [6, 6.07) is 0. The van der Waals surface area contributed by atoms with Crippen molar-refractivity contribution in [3.63, 3.8) is 0 Å². The predicted octanol–water partition coefficient (Wildman–Crippen LogP) is 1.68. The summed E-state index contributed by atoms with van der Waals surface area (Å²) in [5.74, 6) is 0. The van der Waals surface area contributed by atoms with E-state index in [9.17, 15) is 5.11 Å². The Labute approximate surface area is 145 Å². The molecule has 0 aromatic carbocycles. The van der Waals surface area contributed by atoms with Gasteiger partial charge in [0.05, 0.1) is 11.3 Å². The molecule has 1 aromatic rings. The summed E-state index contributed by atoms with van der Waals surface area (Å²) in [6.45, 7) is 3.16. The number of fused-ring (bicyclic) bond motifs is 1. The number of halogens is 2. The molecule has 5 nitrogen and oxygen atoms in total. The summed E-state index contributed by atoms with van der Waals surface area (Å²) in [4.78, 5) is 2.20. The number of β-amino-alcohol motifs (C(OH)–C–C–N with tert-alkyl or cyclic N) is 1. The monoisotopic (exact) mass is 350 g/mol. The van der Waals surface area contributed by atoms with E-state index in [4.69, 9.17) is 0 Å². The number of aryl methyl sites for hydroxylation is 1. The highest BCUT2D eigenvalue weighted by molar-refractivity contribution is 5.85. The van der Waals surface area contributed by atoms with Gasteiger partial charge < -0.3 is 10.4 Å². The lowest BCUT2D eigenvalue weighted by molar-refractivity contribution is 0.0260. The van der Waals surface area contributed by atoms with E-state index in [2.05, 4.69) is 27.5 Å². The van der Waals surface area contributed by atoms with Crippen molar-refractivity contribution in [1.82, 2.24) is 20.4 Å². The third-order valence-corrected chi connectivity index (χ3v) is 4.60. The molecule has 0 amide bonds. The number of hydrogen-bond donors (Lipinski definition) is 3. The van der Waals surface area contributed by atoms with Gasteiger partial charge in [-0.25, -0.2) is 0 Å². The van der Waals surface area contributed by atoms with Crippen molar-refractivity contribution in [3.8, 4) is 0 Å². The summed E-state index contributed by atoms with van der Waals surface area (Å²) in [5, 5.41) is 21.4. The van der Waals surface area contributed by atoms with Crippen LogP contribution in [0.15, 0.2) is 0 Å². The highest BCUT2D eigenvalue weighted by Crippen LogP contribution is 2.23. The second-order valence-corrected chi connectivity index (χ2v) is 6.51. The Bertz CT molecular complexity index is 460. The van der Waals surface area contributed by atoms with Gasteiger partial charge in [-0.05, 0) is 51.3 Å². The maximum atomic E-state index is 10.4. The SMILES string of the molecule is CN(Cc1n[nH]c2c1CCCCC2)CC1(O)CCNC1.Cl.Cl. The van der Waals surface area contributed by atoms with Crippen LogP contribution < -0.4 is 5.32 Å². The molecule has 1 aliphatic heterocycles. The Kier molecular flexibility index (Phi) is 7.62. The fourth-order valence-corrected chi connectivity index (χ4v) is 3.54. The van der Waals surface area contributed by atoms with Crippen molar-refractivity contribution in [1.29, 1.82) is 0 Å². The number of H-pyrrole nitrogens is 1. The van der Waals surface area contributed by atoms with Crippen LogP contribution in [0.1, 0.15) is 42.6 Å². The standard InChI is InChI=1S/C15H26N4O.2ClH/c1-19(11-15(20)7-8-16-10-15)9-14-12-5-3-2-4-6-13(12)17-18-14;;/h16,20H,2-11H2,1H3,(H,17,18);2*1H. The van der Waals surface area contributed by atoms with Gasteiger partial charge in [-0.1, -0.05) is 6.42 Å². The van der Waals surface area contributed by atoms with Gasteiger partial charge >= 0.3 is 0 Å². The first-order valence-electron chi connectivity index (χ1n) is 7.83. The van der Waals surface area contributed by atoms with E-state index in [1.807, 2.05) is 0 Å². The largest absolute Gasteiger partial charge is 0.387 e. The van der Waals surface area contributed by atoms with Crippen LogP contribution >= 0.6 is 24.8 Å². The fraction of sp³-hybridized carbons (Fsp3) is 0.800. The van der Waals surface area contributed by atoms with Gasteiger partial charge in [-0.2, -0.15) is 5.10 Å². The van der Waals surface area contributed by atoms with Gasteiger partial charge in [0.15, 0.2) is 0 Å². The topological polar surface area (TPSA) is 64.2 Å². The van der Waals surface area contributed by atoms with Crippen LogP contribution in [0.3, 0.4) is 0 Å². The van der Waals surface area contributed by atoms with Crippen LogP contribution in [0.25, 0.3) is 0 Å². The summed E-state index contributed by atoms with van der Waals surface area (Å²) < 4.78 is 0. The maximum absolute atomic E-state index is 10.4. The number of nitrogens with one attached hydrogen (secondary N) is 2. The van der Waals surface area contributed by atoms with Gasteiger partial charge in [0.25, 0.3) is 0 Å². The van der Waals surface area contributed by atoms with Crippen molar-refractivity contribution >= 4 is 24.8 Å². The van der Waals surface area contributed by atoms with Crippen LogP contribution in [0.2, 0.25) is 0 Å². The molecule has 7 heteroatoms. The van der Waals surface area contributed by atoms with Crippen LogP contribution in [-0.2, 0) is 19.4 Å². The summed E-state index contributed by atoms with van der Waals surface area (Å²) in [6.07, 6.45) is 7.01. The molecule has 1 atom stereocenters. The first-order chi connectivity index (χ1) is 9.66. The quantitative estimate of drug-likeness (QED) is 0.723. The molecule has 1 saturated heterocycles. The minimum Gasteiger partial charge on any atom is -0.387 e. The van der Waals surface area contributed by atoms with E-state index in [-0.39, 0.29) is 24.8 Å². The Morgan fingerprint density at radius 2 is 2.00 bits per heavy atom. The molecule has 2 heterocycles. The Balaban J connectivity index is 0.00000121. The van der Waals surface area contributed by atoms with Gasteiger partial charge in [-0.15, -0.1) is 24.8 Å². The highest BCUT2D eigenvalue weighted by atomic mass is 35.5. The van der Waals surface area contributed by atoms with Crippen molar-refractivity contribution in [2.45, 2.75) is 50.7 Å². The summed E-state index contributed by atoms with van der Waals surface area (Å²) in [5.41, 5.74) is 3.39. The zero-order valence-electron chi connectivity index (χ0n) is 13.2. The summed E-state index contributed by atoms with van der Waals surface area (Å²) >= 11 is 0. The van der Waals surface area contributed by atoms with Crippen LogP contribution in [0.4, 0.5) is 0 Å². The number of rotatable bonds is 4. The van der Waals surface area contributed by atoms with Crippen LogP contribution in [0, 0.1) is 0 Å². The lowest BCUT2D eigenvalue weighted by Gasteiger charge is -2.27. The average molecular weight is 351 g/mol. The third kappa shape index (κ3) is 4.59. The smallest absolute Gasteiger partial charge is 0.0909 e. The molecule has 1 unspecified atom stereocenters. The van der Waals surface area contributed by atoms with E-state index in [1.165, 1.54) is 36.2 Å². The fourth-order valence-electron chi connectivity index (χ4n) is 3.54. The minimum atomic E-state index is -0.567. The third-order valence-electron chi connectivity index (χ3n) is 4.60. The molecule has 1 fully saturated rings. The molecular weight excluding hydrogens is 323 g/mol. The van der Waals surface area contributed by atoms with E-state index >= 15 is 0 Å². The Morgan fingerprint density at radius 1 is 1.23 bits per heavy atom. The Hall–Kier alpha value is -0.330. The normalized spacial score (nSPS) is 24.3. The zero-order chi connectivity index (χ0) is 14.0. The Morgan fingerprint density at radius 3 is 2.73 bits per heavy atom. The zero-order valence-corrected chi connectivity index (χ0v) is 14.9. The van der Waals surface area contributed by atoms with Crippen molar-refractivity contribution in [2.24, 2.45) is 0 Å². The molecule has 0 radical (unpaired) electrons. The molecule has 22 heavy (non-hydrogen) atoms. The van der Waals surface area contributed by atoms with E-state index in [1.54, 1.807) is 0 Å². The van der Waals surface area contributed by atoms with Crippen molar-refractivity contribution in [2.75, 3.05) is 26.7 Å². The molecule has 3 rings (SSSR count). The second-order valence-electron chi connectivity index (χ2n) is 6.51. The van der Waals surface area contributed by atoms with Crippen LogP contribution in [-0.4, -0.2) is 52.5 Å². The van der Waals surface area contributed by atoms with Gasteiger partial charge in [0.1, 0.15) is 0 Å². The highest BCUT2D eigenvalue weighted by Gasteiger charge is 2.32.